The number of alkyl halides is 1. The van der Waals surface area contributed by atoms with Crippen LogP contribution in [0.15, 0.2) is 12.2 Å². The number of rotatable bonds is 4. The number of methoxy groups -OCH3 is 1. The first-order chi connectivity index (χ1) is 4.81. The summed E-state index contributed by atoms with van der Waals surface area (Å²) < 4.78 is 4.42. The average molecular weight is 163 g/mol. The number of ether oxygens (including phenoxy) is 1. The molecular weight excluding hydrogens is 152 g/mol. The van der Waals surface area contributed by atoms with E-state index < -0.39 is 0 Å². The maximum atomic E-state index is 10.5. The van der Waals surface area contributed by atoms with Crippen molar-refractivity contribution >= 4 is 17.6 Å². The molecule has 0 saturated carbocycles. The predicted molar refractivity (Wildman–Crippen MR) is 41.1 cm³/mol. The van der Waals surface area contributed by atoms with E-state index in [1.807, 2.05) is 12.2 Å². The maximum absolute atomic E-state index is 10.5. The smallest absolute Gasteiger partial charge is 0.305 e. The van der Waals surface area contributed by atoms with Gasteiger partial charge in [-0.2, -0.15) is 0 Å². The van der Waals surface area contributed by atoms with Crippen molar-refractivity contribution in [1.29, 1.82) is 0 Å². The van der Waals surface area contributed by atoms with Gasteiger partial charge in [0.05, 0.1) is 7.11 Å². The van der Waals surface area contributed by atoms with Gasteiger partial charge in [-0.1, -0.05) is 12.2 Å². The zero-order valence-electron chi connectivity index (χ0n) is 5.97. The van der Waals surface area contributed by atoms with Crippen LogP contribution in [-0.2, 0) is 9.53 Å². The van der Waals surface area contributed by atoms with Gasteiger partial charge < -0.3 is 4.74 Å². The fourth-order valence-corrected chi connectivity index (χ4v) is 0.610. The summed E-state index contributed by atoms with van der Waals surface area (Å²) in [6.07, 6.45) is 4.82. The second-order valence-corrected chi connectivity index (χ2v) is 2.05. The van der Waals surface area contributed by atoms with E-state index in [9.17, 15) is 4.79 Å². The summed E-state index contributed by atoms with van der Waals surface area (Å²) in [6.45, 7) is 0. The highest BCUT2D eigenvalue weighted by Crippen LogP contribution is 1.93. The second kappa shape index (κ2) is 6.62. The van der Waals surface area contributed by atoms with Gasteiger partial charge in [0.2, 0.25) is 0 Å². The minimum Gasteiger partial charge on any atom is -0.469 e. The summed E-state index contributed by atoms with van der Waals surface area (Å²) in [4.78, 5) is 10.5. The van der Waals surface area contributed by atoms with Crippen LogP contribution in [-0.4, -0.2) is 19.0 Å². The van der Waals surface area contributed by atoms with Crippen molar-refractivity contribution in [3.05, 3.63) is 12.2 Å². The van der Waals surface area contributed by atoms with Crippen LogP contribution < -0.4 is 0 Å². The fourth-order valence-electron chi connectivity index (χ4n) is 0.484. The normalized spacial score (nSPS) is 10.2. The molecule has 3 heteroatoms. The van der Waals surface area contributed by atoms with Gasteiger partial charge in [0.15, 0.2) is 0 Å². The molecule has 0 aliphatic carbocycles. The zero-order valence-corrected chi connectivity index (χ0v) is 6.73. The van der Waals surface area contributed by atoms with E-state index in [-0.39, 0.29) is 5.97 Å². The van der Waals surface area contributed by atoms with Crippen molar-refractivity contribution < 1.29 is 9.53 Å². The third kappa shape index (κ3) is 5.63. The standard InChI is InChI=1S/C7H11ClO2/c1-10-7(9)5-3-2-4-6-8/h2,4H,3,5-6H2,1H3. The van der Waals surface area contributed by atoms with Gasteiger partial charge in [-0.05, 0) is 6.42 Å². The Bertz CT molecular complexity index is 121. The van der Waals surface area contributed by atoms with Crippen LogP contribution in [0.3, 0.4) is 0 Å². The third-order valence-electron chi connectivity index (χ3n) is 0.999. The van der Waals surface area contributed by atoms with Crippen LogP contribution in [0.25, 0.3) is 0 Å². The lowest BCUT2D eigenvalue weighted by atomic mass is 10.3. The van der Waals surface area contributed by atoms with Crippen LogP contribution in [0.5, 0.6) is 0 Å². The molecule has 0 N–H and O–H groups in total. The third-order valence-corrected chi connectivity index (χ3v) is 1.18. The molecule has 0 spiro atoms. The fraction of sp³-hybridized carbons (Fsp3) is 0.571. The van der Waals surface area contributed by atoms with Crippen LogP contribution in [0, 0.1) is 0 Å². The highest BCUT2D eigenvalue weighted by atomic mass is 35.5. The molecule has 0 amide bonds. The summed E-state index contributed by atoms with van der Waals surface area (Å²) in [7, 11) is 1.38. The number of hydrogen-bond acceptors (Lipinski definition) is 2. The lowest BCUT2D eigenvalue weighted by Crippen LogP contribution is -1.97. The Labute approximate surface area is 65.8 Å². The molecule has 0 radical (unpaired) electrons. The molecule has 0 aliphatic rings. The molecule has 0 atom stereocenters. The molecule has 2 nitrogen and oxygen atoms in total. The molecule has 58 valence electrons. The topological polar surface area (TPSA) is 26.3 Å². The molecule has 0 aromatic heterocycles. The Hall–Kier alpha value is -0.500. The summed E-state index contributed by atoms with van der Waals surface area (Å²) >= 11 is 5.35. The van der Waals surface area contributed by atoms with E-state index in [1.165, 1.54) is 7.11 Å². The minimum atomic E-state index is -0.181. The van der Waals surface area contributed by atoms with E-state index in [4.69, 9.17) is 11.6 Å². The predicted octanol–water partition coefficient (Wildman–Crippen LogP) is 1.73. The number of carbonyl (C=O) groups is 1. The first-order valence-corrected chi connectivity index (χ1v) is 3.62. The number of allylic oxidation sites excluding steroid dienone is 2. The first-order valence-electron chi connectivity index (χ1n) is 3.09. The van der Waals surface area contributed by atoms with Crippen molar-refractivity contribution in [3.63, 3.8) is 0 Å². The first kappa shape index (κ1) is 9.50. The lowest BCUT2D eigenvalue weighted by Gasteiger charge is -1.92. The molecular formula is C7H11ClO2. The molecule has 0 rings (SSSR count). The molecule has 10 heavy (non-hydrogen) atoms. The van der Waals surface area contributed by atoms with Gasteiger partial charge in [0.25, 0.3) is 0 Å². The van der Waals surface area contributed by atoms with Crippen molar-refractivity contribution in [2.75, 3.05) is 13.0 Å². The lowest BCUT2D eigenvalue weighted by molar-refractivity contribution is -0.140. The van der Waals surface area contributed by atoms with Gasteiger partial charge in [0.1, 0.15) is 0 Å². The largest absolute Gasteiger partial charge is 0.469 e. The molecule has 0 unspecified atom stereocenters. The summed E-state index contributed by atoms with van der Waals surface area (Å²) in [6, 6.07) is 0. The van der Waals surface area contributed by atoms with Gasteiger partial charge in [-0.25, -0.2) is 0 Å². The van der Waals surface area contributed by atoms with Gasteiger partial charge in [-0.15, -0.1) is 11.6 Å². The Morgan fingerprint density at radius 2 is 2.30 bits per heavy atom. The Balaban J connectivity index is 3.19. The maximum Gasteiger partial charge on any atom is 0.305 e. The van der Waals surface area contributed by atoms with Crippen molar-refractivity contribution in [1.82, 2.24) is 0 Å². The number of halogens is 1. The average Bonchev–Trinajstić information content (AvgIpc) is 1.98. The van der Waals surface area contributed by atoms with E-state index >= 15 is 0 Å². The van der Waals surface area contributed by atoms with Crippen LogP contribution in [0.1, 0.15) is 12.8 Å². The van der Waals surface area contributed by atoms with Crippen LogP contribution in [0.2, 0.25) is 0 Å². The van der Waals surface area contributed by atoms with Gasteiger partial charge in [0, 0.05) is 12.3 Å². The number of hydrogen-bond donors (Lipinski definition) is 0. The van der Waals surface area contributed by atoms with E-state index in [1.54, 1.807) is 0 Å². The molecule has 0 aliphatic heterocycles. The van der Waals surface area contributed by atoms with Crippen LogP contribution >= 0.6 is 11.6 Å². The van der Waals surface area contributed by atoms with Crippen LogP contribution in [0.4, 0.5) is 0 Å². The highest BCUT2D eigenvalue weighted by Gasteiger charge is 1.94. The van der Waals surface area contributed by atoms with Gasteiger partial charge >= 0.3 is 5.97 Å². The van der Waals surface area contributed by atoms with Crippen molar-refractivity contribution in [3.8, 4) is 0 Å². The molecule has 0 aromatic rings. The second-order valence-electron chi connectivity index (χ2n) is 1.74. The monoisotopic (exact) mass is 162 g/mol. The minimum absolute atomic E-state index is 0.181. The SMILES string of the molecule is COC(=O)CCC=CCCl. The molecule has 0 fully saturated rings. The van der Waals surface area contributed by atoms with E-state index in [0.29, 0.717) is 18.7 Å². The Morgan fingerprint density at radius 1 is 1.60 bits per heavy atom. The molecule has 0 saturated heterocycles. The quantitative estimate of drug-likeness (QED) is 0.358. The Kier molecular flexibility index (Phi) is 6.29. The highest BCUT2D eigenvalue weighted by molar-refractivity contribution is 6.18. The van der Waals surface area contributed by atoms with Crippen molar-refractivity contribution in [2.45, 2.75) is 12.8 Å². The summed E-state index contributed by atoms with van der Waals surface area (Å²) in [5.41, 5.74) is 0. The van der Waals surface area contributed by atoms with E-state index in [2.05, 4.69) is 4.74 Å². The number of carbonyl (C=O) groups excluding carboxylic acids is 1. The molecule has 0 heterocycles. The summed E-state index contributed by atoms with van der Waals surface area (Å²) in [5.74, 6) is 0.320. The molecule has 0 bridgehead atoms. The van der Waals surface area contributed by atoms with E-state index in [0.717, 1.165) is 0 Å². The number of esters is 1. The molecule has 0 aromatic carbocycles. The Morgan fingerprint density at radius 3 is 2.80 bits per heavy atom. The van der Waals surface area contributed by atoms with Gasteiger partial charge in [-0.3, -0.25) is 4.79 Å². The summed E-state index contributed by atoms with van der Waals surface area (Å²) in [5, 5.41) is 0. The van der Waals surface area contributed by atoms with Crippen molar-refractivity contribution in [2.24, 2.45) is 0 Å². The zero-order chi connectivity index (χ0) is 7.82.